The number of aromatic nitrogens is 2. The lowest BCUT2D eigenvalue weighted by Gasteiger charge is -2.14. The van der Waals surface area contributed by atoms with Gasteiger partial charge in [-0.05, 0) is 43.1 Å². The first-order valence-electron chi connectivity index (χ1n) is 9.46. The second kappa shape index (κ2) is 8.39. The van der Waals surface area contributed by atoms with Gasteiger partial charge >= 0.3 is 11.7 Å². The molecule has 2 heterocycles. The number of phenols is 2. The molecule has 11 heteroatoms. The van der Waals surface area contributed by atoms with Gasteiger partial charge in [0.1, 0.15) is 0 Å². The zero-order chi connectivity index (χ0) is 23.9. The number of aromatic hydroxyl groups is 2. The van der Waals surface area contributed by atoms with Crippen LogP contribution >= 0.6 is 11.6 Å². The molecule has 10 nitrogen and oxygen atoms in total. The molecule has 0 aliphatic heterocycles. The highest BCUT2D eigenvalue weighted by Gasteiger charge is 2.29. The van der Waals surface area contributed by atoms with Crippen LogP contribution in [0.5, 0.6) is 11.5 Å². The van der Waals surface area contributed by atoms with Crippen molar-refractivity contribution >= 4 is 23.3 Å². The van der Waals surface area contributed by atoms with Crippen LogP contribution in [0.1, 0.15) is 28.5 Å². The van der Waals surface area contributed by atoms with Gasteiger partial charge in [0.25, 0.3) is 5.15 Å². The van der Waals surface area contributed by atoms with Gasteiger partial charge in [0.05, 0.1) is 28.4 Å². The smallest absolute Gasteiger partial charge is 0.340 e. The molecule has 32 heavy (non-hydrogen) atoms. The van der Waals surface area contributed by atoms with Crippen LogP contribution in [0.25, 0.3) is 22.5 Å². The summed E-state index contributed by atoms with van der Waals surface area (Å²) in [5.41, 5.74) is 1.36. The number of aryl methyl sites for hydroxylation is 2. The topological polar surface area (TPSA) is 142 Å². The SMILES string of the molecule is CCOC(=O)c1cc(-c2cc(O)c(O)c([N+](=O)[O-])c2)n(C)c1-c1c(C)cc(C)[n+]([O-])c1Cl. The minimum absolute atomic E-state index is 0.0772. The van der Waals surface area contributed by atoms with Gasteiger partial charge in [-0.3, -0.25) is 10.1 Å². The number of esters is 1. The highest BCUT2D eigenvalue weighted by molar-refractivity contribution is 6.31. The van der Waals surface area contributed by atoms with E-state index in [1.54, 1.807) is 33.9 Å². The fourth-order valence-electron chi connectivity index (χ4n) is 3.59. The molecule has 3 rings (SSSR count). The van der Waals surface area contributed by atoms with E-state index in [9.17, 15) is 30.3 Å². The molecule has 0 atom stereocenters. The molecule has 2 aromatic heterocycles. The molecule has 2 N–H and O–H groups in total. The number of halogens is 1. The summed E-state index contributed by atoms with van der Waals surface area (Å²) in [7, 11) is 1.58. The van der Waals surface area contributed by atoms with Gasteiger partial charge in [0.15, 0.2) is 11.4 Å². The van der Waals surface area contributed by atoms with Crippen molar-refractivity contribution in [1.82, 2.24) is 4.57 Å². The van der Waals surface area contributed by atoms with Gasteiger partial charge in [-0.1, -0.05) is 0 Å². The average molecular weight is 462 g/mol. The Morgan fingerprint density at radius 2 is 1.91 bits per heavy atom. The van der Waals surface area contributed by atoms with Gasteiger partial charge in [0.2, 0.25) is 5.75 Å². The third-order valence-corrected chi connectivity index (χ3v) is 5.39. The van der Waals surface area contributed by atoms with Crippen LogP contribution in [0.4, 0.5) is 5.69 Å². The Kier molecular flexibility index (Phi) is 6.00. The Labute approximate surface area is 187 Å². The van der Waals surface area contributed by atoms with Crippen molar-refractivity contribution in [2.45, 2.75) is 20.8 Å². The summed E-state index contributed by atoms with van der Waals surface area (Å²) in [5, 5.41) is 43.4. The Bertz CT molecular complexity index is 1270. The van der Waals surface area contributed by atoms with E-state index in [1.807, 2.05) is 0 Å². The van der Waals surface area contributed by atoms with E-state index in [0.717, 1.165) is 12.1 Å². The molecule has 0 fully saturated rings. The minimum Gasteiger partial charge on any atom is -0.617 e. The summed E-state index contributed by atoms with van der Waals surface area (Å²) in [5.74, 6) is -2.25. The van der Waals surface area contributed by atoms with Crippen molar-refractivity contribution in [1.29, 1.82) is 0 Å². The highest BCUT2D eigenvalue weighted by Crippen LogP contribution is 2.42. The number of pyridine rings is 1. The molecule has 0 unspecified atom stereocenters. The summed E-state index contributed by atoms with van der Waals surface area (Å²) in [6.07, 6.45) is 0. The Balaban J connectivity index is 2.39. The lowest BCUT2D eigenvalue weighted by atomic mass is 10.0. The molecule has 0 aliphatic carbocycles. The molecular formula is C21H20ClN3O7. The number of carbonyl (C=O) groups excluding carboxylic acids is 1. The van der Waals surface area contributed by atoms with Crippen molar-refractivity contribution in [2.24, 2.45) is 7.05 Å². The van der Waals surface area contributed by atoms with Crippen LogP contribution < -0.4 is 4.73 Å². The van der Waals surface area contributed by atoms with E-state index < -0.39 is 28.1 Å². The molecule has 0 radical (unpaired) electrons. The first kappa shape index (κ1) is 22.9. The predicted molar refractivity (Wildman–Crippen MR) is 116 cm³/mol. The van der Waals surface area contributed by atoms with Gasteiger partial charge in [-0.15, -0.1) is 0 Å². The van der Waals surface area contributed by atoms with E-state index in [0.29, 0.717) is 21.6 Å². The lowest BCUT2D eigenvalue weighted by Crippen LogP contribution is -2.32. The number of benzene rings is 1. The Morgan fingerprint density at radius 3 is 2.50 bits per heavy atom. The molecule has 3 aromatic rings. The summed E-state index contributed by atoms with van der Waals surface area (Å²) < 4.78 is 7.20. The molecule has 0 saturated heterocycles. The highest BCUT2D eigenvalue weighted by atomic mass is 35.5. The third kappa shape index (κ3) is 3.69. The van der Waals surface area contributed by atoms with E-state index in [-0.39, 0.29) is 34.3 Å². The van der Waals surface area contributed by atoms with Crippen molar-refractivity contribution in [3.63, 3.8) is 0 Å². The fraction of sp³-hybridized carbons (Fsp3) is 0.238. The van der Waals surface area contributed by atoms with Crippen LogP contribution in [-0.4, -0.2) is 32.3 Å². The molecule has 0 saturated carbocycles. The van der Waals surface area contributed by atoms with Crippen LogP contribution in [0, 0.1) is 29.2 Å². The quantitative estimate of drug-likeness (QED) is 0.112. The van der Waals surface area contributed by atoms with E-state index >= 15 is 0 Å². The number of hydrogen-bond donors (Lipinski definition) is 2. The molecule has 0 bridgehead atoms. The lowest BCUT2D eigenvalue weighted by molar-refractivity contribution is -0.609. The number of nitro groups is 1. The molecular weight excluding hydrogens is 442 g/mol. The number of hydrogen-bond acceptors (Lipinski definition) is 7. The number of nitro benzene ring substituents is 1. The van der Waals surface area contributed by atoms with Gasteiger partial charge in [-0.25, -0.2) is 4.79 Å². The molecule has 0 aliphatic rings. The Morgan fingerprint density at radius 1 is 1.25 bits per heavy atom. The predicted octanol–water partition coefficient (Wildman–Crippen LogP) is 3.76. The van der Waals surface area contributed by atoms with Gasteiger partial charge in [0, 0.05) is 37.4 Å². The van der Waals surface area contributed by atoms with Gasteiger partial charge < -0.3 is 24.7 Å². The van der Waals surface area contributed by atoms with E-state index in [1.165, 1.54) is 10.6 Å². The maximum absolute atomic E-state index is 12.7. The largest absolute Gasteiger partial charge is 0.617 e. The summed E-state index contributed by atoms with van der Waals surface area (Å²) in [6, 6.07) is 5.24. The standard InChI is InChI=1S/C21H20ClN3O7/c1-5-32-21(28)13-9-14(12-7-15(25(30)31)19(27)16(26)8-12)23(4)18(13)17-10(2)6-11(3)24(29)20(17)22/h6-9,26-27H,5H2,1-4H3. The van der Waals surface area contributed by atoms with Crippen LogP contribution in [0.15, 0.2) is 24.3 Å². The number of carbonyl (C=O) groups is 1. The summed E-state index contributed by atoms with van der Waals surface area (Å²) in [4.78, 5) is 23.2. The maximum atomic E-state index is 12.7. The minimum atomic E-state index is -0.872. The van der Waals surface area contributed by atoms with Crippen molar-refractivity contribution in [3.8, 4) is 34.0 Å². The van der Waals surface area contributed by atoms with Crippen molar-refractivity contribution in [2.75, 3.05) is 6.61 Å². The molecule has 0 spiro atoms. The summed E-state index contributed by atoms with van der Waals surface area (Å²) >= 11 is 6.35. The first-order chi connectivity index (χ1) is 15.0. The van der Waals surface area contributed by atoms with E-state index in [4.69, 9.17) is 16.3 Å². The van der Waals surface area contributed by atoms with Crippen molar-refractivity contribution in [3.05, 3.63) is 61.6 Å². The normalized spacial score (nSPS) is 10.9. The van der Waals surface area contributed by atoms with Crippen LogP contribution in [0.3, 0.4) is 0 Å². The van der Waals surface area contributed by atoms with Crippen LogP contribution in [-0.2, 0) is 11.8 Å². The van der Waals surface area contributed by atoms with Crippen LogP contribution in [0.2, 0.25) is 5.15 Å². The zero-order valence-electron chi connectivity index (χ0n) is 17.7. The number of nitrogens with zero attached hydrogens (tertiary/aromatic N) is 3. The number of phenolic OH excluding ortho intramolecular Hbond substituents is 2. The maximum Gasteiger partial charge on any atom is 0.340 e. The second-order valence-electron chi connectivity index (χ2n) is 7.12. The Hall–Kier alpha value is -3.79. The number of rotatable bonds is 5. The van der Waals surface area contributed by atoms with Gasteiger partial charge in [-0.2, -0.15) is 4.73 Å². The molecule has 168 valence electrons. The zero-order valence-corrected chi connectivity index (χ0v) is 18.4. The molecule has 1 aromatic carbocycles. The fourth-order valence-corrected chi connectivity index (χ4v) is 3.96. The van der Waals surface area contributed by atoms with Crippen molar-refractivity contribution < 1.29 is 29.4 Å². The first-order valence-corrected chi connectivity index (χ1v) is 9.84. The second-order valence-corrected chi connectivity index (χ2v) is 7.48. The monoisotopic (exact) mass is 461 g/mol. The summed E-state index contributed by atoms with van der Waals surface area (Å²) in [6.45, 7) is 5.05. The molecule has 0 amide bonds. The third-order valence-electron chi connectivity index (χ3n) is 5.05. The number of ether oxygens (including phenoxy) is 1. The average Bonchev–Trinajstić information content (AvgIpc) is 3.05. The van der Waals surface area contributed by atoms with E-state index in [2.05, 4.69) is 0 Å².